The predicted octanol–water partition coefficient (Wildman–Crippen LogP) is 4.29. The predicted molar refractivity (Wildman–Crippen MR) is 112 cm³/mol. The van der Waals surface area contributed by atoms with E-state index in [4.69, 9.17) is 32.7 Å². The Kier molecular flexibility index (Phi) is 8.76. The quantitative estimate of drug-likeness (QED) is 0.569. The summed E-state index contributed by atoms with van der Waals surface area (Å²) in [5.41, 5.74) is 1.02. The minimum atomic E-state index is -0.656. The SMILES string of the molecule is CCOc1ccc(NC(=O)COC(=O)CCC(=O)Nc2ccc(Cl)c(Cl)c2)cc1. The van der Waals surface area contributed by atoms with E-state index in [9.17, 15) is 14.4 Å². The minimum absolute atomic E-state index is 0.0976. The second-order valence-corrected chi connectivity index (χ2v) is 6.66. The zero-order chi connectivity index (χ0) is 21.2. The zero-order valence-corrected chi connectivity index (χ0v) is 17.2. The Balaban J connectivity index is 1.68. The molecule has 0 atom stereocenters. The van der Waals surface area contributed by atoms with Crippen molar-refractivity contribution >= 4 is 52.4 Å². The van der Waals surface area contributed by atoms with Gasteiger partial charge >= 0.3 is 5.97 Å². The largest absolute Gasteiger partial charge is 0.494 e. The topological polar surface area (TPSA) is 93.7 Å². The number of halogens is 2. The first-order valence-electron chi connectivity index (χ1n) is 8.80. The van der Waals surface area contributed by atoms with Crippen LogP contribution < -0.4 is 15.4 Å². The first kappa shape index (κ1) is 22.5. The van der Waals surface area contributed by atoms with Gasteiger partial charge in [-0.15, -0.1) is 0 Å². The van der Waals surface area contributed by atoms with Crippen molar-refractivity contribution in [1.82, 2.24) is 0 Å². The van der Waals surface area contributed by atoms with Crippen LogP contribution in [0.4, 0.5) is 11.4 Å². The van der Waals surface area contributed by atoms with E-state index < -0.39 is 18.5 Å². The standard InChI is InChI=1S/C20H20Cl2N2O5/c1-2-28-15-6-3-13(4-7-15)23-19(26)12-29-20(27)10-9-18(25)24-14-5-8-16(21)17(22)11-14/h3-8,11H,2,9-10,12H2,1H3,(H,23,26)(H,24,25). The molecule has 0 radical (unpaired) electrons. The number of hydrogen-bond donors (Lipinski definition) is 2. The lowest BCUT2D eigenvalue weighted by Gasteiger charge is -2.08. The summed E-state index contributed by atoms with van der Waals surface area (Å²) in [6, 6.07) is 11.4. The van der Waals surface area contributed by atoms with Gasteiger partial charge in [-0.05, 0) is 49.4 Å². The molecule has 0 bridgehead atoms. The van der Waals surface area contributed by atoms with Crippen LogP contribution in [0, 0.1) is 0 Å². The van der Waals surface area contributed by atoms with Crippen molar-refractivity contribution in [3.05, 3.63) is 52.5 Å². The van der Waals surface area contributed by atoms with Crippen molar-refractivity contribution in [2.75, 3.05) is 23.8 Å². The van der Waals surface area contributed by atoms with E-state index in [1.165, 1.54) is 6.07 Å². The van der Waals surface area contributed by atoms with Crippen LogP contribution in [-0.2, 0) is 19.1 Å². The summed E-state index contributed by atoms with van der Waals surface area (Å²) in [5.74, 6) is -0.839. The minimum Gasteiger partial charge on any atom is -0.494 e. The fourth-order valence-corrected chi connectivity index (χ4v) is 2.53. The number of hydrogen-bond acceptors (Lipinski definition) is 5. The summed E-state index contributed by atoms with van der Waals surface area (Å²) < 4.78 is 10.2. The van der Waals surface area contributed by atoms with Gasteiger partial charge in [-0.3, -0.25) is 14.4 Å². The van der Waals surface area contributed by atoms with Crippen LogP contribution in [0.2, 0.25) is 10.0 Å². The summed E-state index contributed by atoms with van der Waals surface area (Å²) in [6.45, 7) is 1.98. The molecule has 9 heteroatoms. The summed E-state index contributed by atoms with van der Waals surface area (Å²) in [6.07, 6.45) is -0.261. The molecule has 0 spiro atoms. The van der Waals surface area contributed by atoms with Crippen molar-refractivity contribution in [3.63, 3.8) is 0 Å². The van der Waals surface area contributed by atoms with E-state index in [0.717, 1.165) is 0 Å². The first-order chi connectivity index (χ1) is 13.9. The van der Waals surface area contributed by atoms with Crippen LogP contribution in [0.25, 0.3) is 0 Å². The van der Waals surface area contributed by atoms with Crippen molar-refractivity contribution in [1.29, 1.82) is 0 Å². The van der Waals surface area contributed by atoms with E-state index in [-0.39, 0.29) is 18.7 Å². The molecule has 0 heterocycles. The van der Waals surface area contributed by atoms with Crippen molar-refractivity contribution in [2.24, 2.45) is 0 Å². The van der Waals surface area contributed by atoms with Crippen LogP contribution in [0.15, 0.2) is 42.5 Å². The highest BCUT2D eigenvalue weighted by Crippen LogP contribution is 2.25. The van der Waals surface area contributed by atoms with E-state index >= 15 is 0 Å². The lowest BCUT2D eigenvalue weighted by molar-refractivity contribution is -0.147. The van der Waals surface area contributed by atoms with Crippen molar-refractivity contribution in [2.45, 2.75) is 19.8 Å². The van der Waals surface area contributed by atoms with Crippen molar-refractivity contribution in [3.8, 4) is 5.75 Å². The Morgan fingerprint density at radius 1 is 0.862 bits per heavy atom. The molecule has 0 aliphatic rings. The van der Waals surface area contributed by atoms with Gasteiger partial charge in [-0.25, -0.2) is 0 Å². The molecule has 2 aromatic carbocycles. The van der Waals surface area contributed by atoms with Crippen LogP contribution >= 0.6 is 23.2 Å². The van der Waals surface area contributed by atoms with E-state index in [2.05, 4.69) is 10.6 Å². The van der Waals surface area contributed by atoms with Crippen LogP contribution in [-0.4, -0.2) is 31.0 Å². The van der Waals surface area contributed by atoms with E-state index in [1.807, 2.05) is 6.92 Å². The zero-order valence-electron chi connectivity index (χ0n) is 15.7. The maximum Gasteiger partial charge on any atom is 0.306 e. The molecule has 29 heavy (non-hydrogen) atoms. The molecule has 0 unspecified atom stereocenters. The Hall–Kier alpha value is -2.77. The highest BCUT2D eigenvalue weighted by atomic mass is 35.5. The number of carbonyl (C=O) groups excluding carboxylic acids is 3. The molecule has 154 valence electrons. The van der Waals surface area contributed by atoms with Gasteiger partial charge in [0.2, 0.25) is 5.91 Å². The Bertz CT molecular complexity index is 872. The number of esters is 1. The second-order valence-electron chi connectivity index (χ2n) is 5.84. The third-order valence-electron chi connectivity index (χ3n) is 3.57. The summed E-state index contributed by atoms with van der Waals surface area (Å²) in [5, 5.41) is 5.88. The van der Waals surface area contributed by atoms with E-state index in [1.54, 1.807) is 36.4 Å². The molecule has 2 N–H and O–H groups in total. The highest BCUT2D eigenvalue weighted by molar-refractivity contribution is 6.42. The number of rotatable bonds is 9. The molecule has 0 aliphatic heterocycles. The average Bonchev–Trinajstić information content (AvgIpc) is 2.69. The first-order valence-corrected chi connectivity index (χ1v) is 9.56. The summed E-state index contributed by atoms with van der Waals surface area (Å²) in [4.78, 5) is 35.5. The molecular formula is C20H20Cl2N2O5. The number of benzene rings is 2. The number of anilines is 2. The fourth-order valence-electron chi connectivity index (χ4n) is 2.23. The van der Waals surface area contributed by atoms with Crippen molar-refractivity contribution < 1.29 is 23.9 Å². The second kappa shape index (κ2) is 11.3. The third kappa shape index (κ3) is 8.01. The van der Waals surface area contributed by atoms with Crippen LogP contribution in [0.5, 0.6) is 5.75 Å². The number of ether oxygens (including phenoxy) is 2. The Morgan fingerprint density at radius 3 is 2.17 bits per heavy atom. The molecule has 2 amide bonds. The molecule has 2 rings (SSSR count). The number of nitrogens with one attached hydrogen (secondary N) is 2. The molecule has 0 aromatic heterocycles. The molecule has 0 aliphatic carbocycles. The maximum atomic E-state index is 11.9. The van der Waals surface area contributed by atoms with Gasteiger partial charge in [0.25, 0.3) is 5.91 Å². The van der Waals surface area contributed by atoms with Gasteiger partial charge in [-0.2, -0.15) is 0 Å². The molecule has 7 nitrogen and oxygen atoms in total. The maximum absolute atomic E-state index is 11.9. The molecular weight excluding hydrogens is 419 g/mol. The molecule has 0 saturated heterocycles. The molecule has 0 saturated carbocycles. The van der Waals surface area contributed by atoms with Gasteiger partial charge in [0.05, 0.1) is 23.1 Å². The lowest BCUT2D eigenvalue weighted by atomic mass is 10.2. The van der Waals surface area contributed by atoms with Gasteiger partial charge in [0.15, 0.2) is 6.61 Å². The summed E-state index contributed by atoms with van der Waals surface area (Å²) >= 11 is 11.7. The van der Waals surface area contributed by atoms with Gasteiger partial charge in [0, 0.05) is 17.8 Å². The Morgan fingerprint density at radius 2 is 1.52 bits per heavy atom. The fraction of sp³-hybridized carbons (Fsp3) is 0.250. The summed E-state index contributed by atoms with van der Waals surface area (Å²) in [7, 11) is 0. The smallest absolute Gasteiger partial charge is 0.306 e. The Labute approximate surface area is 178 Å². The number of carbonyl (C=O) groups is 3. The highest BCUT2D eigenvalue weighted by Gasteiger charge is 2.11. The van der Waals surface area contributed by atoms with E-state index in [0.29, 0.717) is 33.8 Å². The van der Waals surface area contributed by atoms with Gasteiger partial charge in [-0.1, -0.05) is 23.2 Å². The van der Waals surface area contributed by atoms with Crippen LogP contribution in [0.1, 0.15) is 19.8 Å². The molecule has 0 fully saturated rings. The van der Waals surface area contributed by atoms with Crippen LogP contribution in [0.3, 0.4) is 0 Å². The molecule has 2 aromatic rings. The third-order valence-corrected chi connectivity index (χ3v) is 4.31. The van der Waals surface area contributed by atoms with Gasteiger partial charge < -0.3 is 20.1 Å². The number of amides is 2. The van der Waals surface area contributed by atoms with Gasteiger partial charge in [0.1, 0.15) is 5.75 Å². The average molecular weight is 439 g/mol. The normalized spacial score (nSPS) is 10.2. The lowest BCUT2D eigenvalue weighted by Crippen LogP contribution is -2.21. The monoisotopic (exact) mass is 438 g/mol.